The minimum absolute atomic E-state index is 0.0672. The number of ether oxygens (including phenoxy) is 1. The van der Waals surface area contributed by atoms with Gasteiger partial charge in [0.05, 0.1) is 6.61 Å². The van der Waals surface area contributed by atoms with Crippen molar-refractivity contribution < 1.29 is 9.53 Å². The molecule has 1 aliphatic heterocycles. The minimum Gasteiger partial charge on any atom is -0.465 e. The summed E-state index contributed by atoms with van der Waals surface area (Å²) < 4.78 is 5.00. The van der Waals surface area contributed by atoms with Crippen molar-refractivity contribution in [2.45, 2.75) is 39.7 Å². The number of nitrogens with zero attached hydrogens (tertiary/aromatic N) is 1. The SMILES string of the molecule is CCOC(=O)C(C)N1CCC(C)CC1. The van der Waals surface area contributed by atoms with Crippen molar-refractivity contribution in [3.05, 3.63) is 0 Å². The molecule has 0 radical (unpaired) electrons. The smallest absolute Gasteiger partial charge is 0.323 e. The number of hydrogen-bond donors (Lipinski definition) is 0. The summed E-state index contributed by atoms with van der Waals surface area (Å²) in [6.07, 6.45) is 2.40. The molecule has 0 aromatic heterocycles. The van der Waals surface area contributed by atoms with Crippen LogP contribution in [0.1, 0.15) is 33.6 Å². The Bertz CT molecular complexity index is 186. The van der Waals surface area contributed by atoms with E-state index in [1.54, 1.807) is 0 Å². The van der Waals surface area contributed by atoms with E-state index in [-0.39, 0.29) is 12.0 Å². The van der Waals surface area contributed by atoms with Crippen molar-refractivity contribution in [1.29, 1.82) is 0 Å². The van der Waals surface area contributed by atoms with Crippen LogP contribution in [-0.4, -0.2) is 36.6 Å². The molecule has 0 N–H and O–H groups in total. The molecule has 0 bridgehead atoms. The molecule has 82 valence electrons. The highest BCUT2D eigenvalue weighted by atomic mass is 16.5. The Kier molecular flexibility index (Phi) is 4.39. The Balaban J connectivity index is 2.37. The van der Waals surface area contributed by atoms with E-state index in [0.29, 0.717) is 6.61 Å². The maximum Gasteiger partial charge on any atom is 0.323 e. The zero-order chi connectivity index (χ0) is 10.6. The molecule has 1 atom stereocenters. The first-order valence-corrected chi connectivity index (χ1v) is 5.55. The van der Waals surface area contributed by atoms with Crippen LogP contribution in [0.2, 0.25) is 0 Å². The molecule has 1 saturated heterocycles. The maximum atomic E-state index is 11.5. The summed E-state index contributed by atoms with van der Waals surface area (Å²) in [7, 11) is 0. The number of hydrogen-bond acceptors (Lipinski definition) is 3. The van der Waals surface area contributed by atoms with Crippen molar-refractivity contribution in [2.24, 2.45) is 5.92 Å². The molecule has 1 unspecified atom stereocenters. The zero-order valence-corrected chi connectivity index (χ0v) is 9.45. The number of carbonyl (C=O) groups excluding carboxylic acids is 1. The average molecular weight is 199 g/mol. The van der Waals surface area contributed by atoms with Crippen LogP contribution >= 0.6 is 0 Å². The highest BCUT2D eigenvalue weighted by Crippen LogP contribution is 2.18. The van der Waals surface area contributed by atoms with Crippen molar-refractivity contribution in [3.63, 3.8) is 0 Å². The lowest BCUT2D eigenvalue weighted by atomic mass is 9.98. The summed E-state index contributed by atoms with van der Waals surface area (Å²) in [6, 6.07) is -0.0672. The van der Waals surface area contributed by atoms with E-state index in [4.69, 9.17) is 4.74 Å². The third-order valence-electron chi connectivity index (χ3n) is 2.99. The molecule has 0 amide bonds. The lowest BCUT2D eigenvalue weighted by Gasteiger charge is -2.33. The molecule has 3 heteroatoms. The largest absolute Gasteiger partial charge is 0.465 e. The molecule has 1 aliphatic rings. The molecule has 0 saturated carbocycles. The predicted octanol–water partition coefficient (Wildman–Crippen LogP) is 1.67. The van der Waals surface area contributed by atoms with Crippen LogP contribution in [0.5, 0.6) is 0 Å². The summed E-state index contributed by atoms with van der Waals surface area (Å²) in [4.78, 5) is 13.7. The first kappa shape index (κ1) is 11.5. The standard InChI is InChI=1S/C11H21NO2/c1-4-14-11(13)10(3)12-7-5-9(2)6-8-12/h9-10H,4-8H2,1-3H3. The molecule has 0 aromatic rings. The fourth-order valence-electron chi connectivity index (χ4n) is 1.83. The van der Waals surface area contributed by atoms with E-state index in [0.717, 1.165) is 19.0 Å². The second kappa shape index (κ2) is 5.35. The van der Waals surface area contributed by atoms with Gasteiger partial charge in [0.15, 0.2) is 0 Å². The molecule has 0 spiro atoms. The van der Waals surface area contributed by atoms with Crippen LogP contribution < -0.4 is 0 Å². The summed E-state index contributed by atoms with van der Waals surface area (Å²) in [5, 5.41) is 0. The lowest BCUT2D eigenvalue weighted by Crippen LogP contribution is -2.44. The molecular weight excluding hydrogens is 178 g/mol. The van der Waals surface area contributed by atoms with Crippen LogP contribution in [0.25, 0.3) is 0 Å². The van der Waals surface area contributed by atoms with Gasteiger partial charge in [0, 0.05) is 0 Å². The zero-order valence-electron chi connectivity index (χ0n) is 9.45. The second-order valence-electron chi connectivity index (χ2n) is 4.15. The van der Waals surface area contributed by atoms with Gasteiger partial charge in [0.2, 0.25) is 0 Å². The number of esters is 1. The molecule has 1 fully saturated rings. The van der Waals surface area contributed by atoms with Crippen molar-refractivity contribution in [1.82, 2.24) is 4.90 Å². The normalized spacial score (nSPS) is 21.9. The van der Waals surface area contributed by atoms with E-state index < -0.39 is 0 Å². The third kappa shape index (κ3) is 2.98. The summed E-state index contributed by atoms with van der Waals surface area (Å²) in [5.41, 5.74) is 0. The van der Waals surface area contributed by atoms with E-state index in [9.17, 15) is 4.79 Å². The Labute approximate surface area is 86.4 Å². The Hall–Kier alpha value is -0.570. The van der Waals surface area contributed by atoms with Gasteiger partial charge in [-0.05, 0) is 45.7 Å². The topological polar surface area (TPSA) is 29.5 Å². The van der Waals surface area contributed by atoms with E-state index in [1.165, 1.54) is 12.8 Å². The fourth-order valence-corrected chi connectivity index (χ4v) is 1.83. The van der Waals surface area contributed by atoms with Gasteiger partial charge in [0.1, 0.15) is 6.04 Å². The molecule has 3 nitrogen and oxygen atoms in total. The molecule has 0 aromatic carbocycles. The van der Waals surface area contributed by atoms with E-state index in [1.807, 2.05) is 13.8 Å². The summed E-state index contributed by atoms with van der Waals surface area (Å²) >= 11 is 0. The monoisotopic (exact) mass is 199 g/mol. The van der Waals surface area contributed by atoms with Gasteiger partial charge in [0.25, 0.3) is 0 Å². The van der Waals surface area contributed by atoms with Gasteiger partial charge >= 0.3 is 5.97 Å². The first-order chi connectivity index (χ1) is 6.65. The second-order valence-corrected chi connectivity index (χ2v) is 4.15. The van der Waals surface area contributed by atoms with Gasteiger partial charge < -0.3 is 4.74 Å². The molecule has 14 heavy (non-hydrogen) atoms. The highest BCUT2D eigenvalue weighted by molar-refractivity contribution is 5.75. The minimum atomic E-state index is -0.0814. The van der Waals surface area contributed by atoms with Gasteiger partial charge in [-0.15, -0.1) is 0 Å². The van der Waals surface area contributed by atoms with E-state index >= 15 is 0 Å². The average Bonchev–Trinajstić information content (AvgIpc) is 2.18. The maximum absolute atomic E-state index is 11.5. The molecule has 1 heterocycles. The Morgan fingerprint density at radius 2 is 2.07 bits per heavy atom. The Morgan fingerprint density at radius 1 is 1.50 bits per heavy atom. The van der Waals surface area contributed by atoms with Crippen molar-refractivity contribution in [2.75, 3.05) is 19.7 Å². The number of carbonyl (C=O) groups is 1. The number of likely N-dealkylation sites (tertiary alicyclic amines) is 1. The third-order valence-corrected chi connectivity index (χ3v) is 2.99. The fraction of sp³-hybridized carbons (Fsp3) is 0.909. The summed E-state index contributed by atoms with van der Waals surface area (Å²) in [6.45, 7) is 8.60. The van der Waals surface area contributed by atoms with Crippen LogP contribution in [0.4, 0.5) is 0 Å². The van der Waals surface area contributed by atoms with Gasteiger partial charge in [-0.3, -0.25) is 9.69 Å². The van der Waals surface area contributed by atoms with Crippen LogP contribution in [0.15, 0.2) is 0 Å². The molecular formula is C11H21NO2. The lowest BCUT2D eigenvalue weighted by molar-refractivity contribution is -0.149. The summed E-state index contributed by atoms with van der Waals surface area (Å²) in [5.74, 6) is 0.725. The van der Waals surface area contributed by atoms with Crippen LogP contribution in [0, 0.1) is 5.92 Å². The van der Waals surface area contributed by atoms with Crippen LogP contribution in [0.3, 0.4) is 0 Å². The highest BCUT2D eigenvalue weighted by Gasteiger charge is 2.25. The predicted molar refractivity (Wildman–Crippen MR) is 56.1 cm³/mol. The van der Waals surface area contributed by atoms with Crippen molar-refractivity contribution in [3.8, 4) is 0 Å². The van der Waals surface area contributed by atoms with Gasteiger partial charge in [-0.2, -0.15) is 0 Å². The van der Waals surface area contributed by atoms with Gasteiger partial charge in [-0.1, -0.05) is 6.92 Å². The first-order valence-electron chi connectivity index (χ1n) is 5.55. The van der Waals surface area contributed by atoms with Crippen LogP contribution in [-0.2, 0) is 9.53 Å². The van der Waals surface area contributed by atoms with E-state index in [2.05, 4.69) is 11.8 Å². The van der Waals surface area contributed by atoms with Gasteiger partial charge in [-0.25, -0.2) is 0 Å². The quantitative estimate of drug-likeness (QED) is 0.648. The molecule has 1 rings (SSSR count). The molecule has 0 aliphatic carbocycles. The van der Waals surface area contributed by atoms with Crippen molar-refractivity contribution >= 4 is 5.97 Å². The number of rotatable bonds is 3. The number of piperidine rings is 1. The Morgan fingerprint density at radius 3 is 2.57 bits per heavy atom.